The van der Waals surface area contributed by atoms with Gasteiger partial charge in [-0.15, -0.1) is 0 Å². The number of ketones is 1. The van der Waals surface area contributed by atoms with Crippen LogP contribution in [-0.2, 0) is 19.0 Å². The maximum absolute atomic E-state index is 13.9. The topological polar surface area (TPSA) is 85.2 Å². The second kappa shape index (κ2) is 4.99. The van der Waals surface area contributed by atoms with Gasteiger partial charge in [0.05, 0.1) is 18.8 Å². The summed E-state index contributed by atoms with van der Waals surface area (Å²) >= 11 is 0. The normalized spacial score (nSPS) is 58.7. The van der Waals surface area contributed by atoms with Gasteiger partial charge < -0.3 is 24.4 Å². The first-order valence-corrected chi connectivity index (χ1v) is 11.1. The Hall–Kier alpha value is -0.790. The zero-order chi connectivity index (χ0) is 20.8. The Kier molecular flexibility index (Phi) is 3.26. The molecule has 7 rings (SSSR count). The minimum absolute atomic E-state index is 0.0855. The van der Waals surface area contributed by atoms with E-state index in [1.54, 1.807) is 0 Å². The zero-order valence-electron chi connectivity index (χ0n) is 17.7. The minimum atomic E-state index is -1.46. The van der Waals surface area contributed by atoms with Crippen molar-refractivity contribution < 1.29 is 29.2 Å². The number of fused-ring (bicyclic) bond motifs is 1. The fraction of sp³-hybridized carbons (Fsp3) is 0.870. The second-order valence-corrected chi connectivity index (χ2v) is 11.5. The third-order valence-electron chi connectivity index (χ3n) is 9.62. The maximum atomic E-state index is 13.9. The van der Waals surface area contributed by atoms with Crippen LogP contribution in [0.2, 0.25) is 0 Å². The van der Waals surface area contributed by atoms with E-state index in [-0.39, 0.29) is 29.0 Å². The fourth-order valence-corrected chi connectivity index (χ4v) is 8.88. The van der Waals surface area contributed by atoms with E-state index < -0.39 is 40.7 Å². The van der Waals surface area contributed by atoms with Crippen LogP contribution in [0.4, 0.5) is 0 Å². The Labute approximate surface area is 171 Å². The molecule has 4 saturated carbocycles. The lowest BCUT2D eigenvalue weighted by Gasteiger charge is -2.77. The number of carbonyl (C=O) groups excluding carboxylic acids is 1. The first-order valence-electron chi connectivity index (χ1n) is 11.1. The van der Waals surface area contributed by atoms with E-state index in [2.05, 4.69) is 20.4 Å². The van der Waals surface area contributed by atoms with E-state index in [1.165, 1.54) is 0 Å². The highest BCUT2D eigenvalue weighted by atomic mass is 16.8. The number of aliphatic hydroxyl groups is 2. The molecule has 4 aliphatic carbocycles. The molecular weight excluding hydrogens is 372 g/mol. The standard InChI is InChI=1S/C23H32O6/c1-11-12-6-7-13-21-10-27-23(17(26)15(21)19(2,3)9-8-14(21)24)22(13,16(11)25)18(12)28-20(4,5)29-23/h12-15,17-18,24,26H,1,6-10H2,2-5H3/t12-,13?,14-,15+,17-,18+,21+,22-,23-/m0/s1. The van der Waals surface area contributed by atoms with E-state index in [0.29, 0.717) is 18.6 Å². The molecule has 3 aliphatic heterocycles. The summed E-state index contributed by atoms with van der Waals surface area (Å²) in [6, 6.07) is 0. The van der Waals surface area contributed by atoms with Crippen LogP contribution in [0.25, 0.3) is 0 Å². The zero-order valence-corrected chi connectivity index (χ0v) is 17.7. The van der Waals surface area contributed by atoms with Crippen LogP contribution in [0.3, 0.4) is 0 Å². The van der Waals surface area contributed by atoms with E-state index >= 15 is 0 Å². The average Bonchev–Trinajstić information content (AvgIpc) is 2.75. The predicted octanol–water partition coefficient (Wildman–Crippen LogP) is 2.17. The Morgan fingerprint density at radius 3 is 2.55 bits per heavy atom. The van der Waals surface area contributed by atoms with E-state index in [0.717, 1.165) is 19.3 Å². The Morgan fingerprint density at radius 1 is 1.10 bits per heavy atom. The third-order valence-corrected chi connectivity index (χ3v) is 9.62. The van der Waals surface area contributed by atoms with Crippen LogP contribution in [0.1, 0.15) is 53.4 Å². The molecule has 1 unspecified atom stereocenters. The van der Waals surface area contributed by atoms with Crippen molar-refractivity contribution in [2.75, 3.05) is 6.61 Å². The van der Waals surface area contributed by atoms with Crippen molar-refractivity contribution in [3.8, 4) is 0 Å². The lowest BCUT2D eigenvalue weighted by atomic mass is 9.35. The average molecular weight is 405 g/mol. The molecule has 29 heavy (non-hydrogen) atoms. The van der Waals surface area contributed by atoms with Gasteiger partial charge in [-0.05, 0) is 56.4 Å². The minimum Gasteiger partial charge on any atom is -0.392 e. The van der Waals surface area contributed by atoms with Crippen molar-refractivity contribution in [3.63, 3.8) is 0 Å². The molecule has 6 heteroatoms. The molecule has 7 aliphatic rings. The number of hydrogen-bond acceptors (Lipinski definition) is 6. The van der Waals surface area contributed by atoms with Crippen LogP contribution >= 0.6 is 0 Å². The monoisotopic (exact) mass is 404 g/mol. The molecule has 7 fully saturated rings. The molecule has 0 amide bonds. The molecule has 4 bridgehead atoms. The van der Waals surface area contributed by atoms with Crippen molar-refractivity contribution in [1.29, 1.82) is 0 Å². The number of ether oxygens (including phenoxy) is 3. The number of rotatable bonds is 0. The molecule has 9 atom stereocenters. The van der Waals surface area contributed by atoms with Gasteiger partial charge in [0, 0.05) is 17.3 Å². The number of aliphatic hydroxyl groups excluding tert-OH is 2. The van der Waals surface area contributed by atoms with Crippen LogP contribution in [0.15, 0.2) is 12.2 Å². The van der Waals surface area contributed by atoms with Gasteiger partial charge in [0.2, 0.25) is 5.79 Å². The second-order valence-electron chi connectivity index (χ2n) is 11.5. The molecule has 3 heterocycles. The van der Waals surface area contributed by atoms with Crippen molar-refractivity contribution >= 4 is 5.78 Å². The van der Waals surface area contributed by atoms with Gasteiger partial charge in [0.1, 0.15) is 11.5 Å². The lowest BCUT2D eigenvalue weighted by Crippen LogP contribution is -2.88. The third kappa shape index (κ3) is 1.69. The summed E-state index contributed by atoms with van der Waals surface area (Å²) in [5.74, 6) is -2.99. The molecule has 0 aromatic carbocycles. The first kappa shape index (κ1) is 18.9. The molecular formula is C23H32O6. The van der Waals surface area contributed by atoms with Crippen molar-refractivity contribution in [2.45, 2.75) is 83.3 Å². The predicted molar refractivity (Wildman–Crippen MR) is 102 cm³/mol. The van der Waals surface area contributed by atoms with Gasteiger partial charge in [0.25, 0.3) is 0 Å². The van der Waals surface area contributed by atoms with E-state index in [4.69, 9.17) is 14.2 Å². The molecule has 2 N–H and O–H groups in total. The molecule has 6 nitrogen and oxygen atoms in total. The number of Topliss-reactive ketones (excluding diaryl/α,β-unsaturated/α-hetero) is 1. The molecule has 0 radical (unpaired) electrons. The van der Waals surface area contributed by atoms with Gasteiger partial charge in [-0.2, -0.15) is 0 Å². The number of hydrogen-bond donors (Lipinski definition) is 2. The Morgan fingerprint density at radius 2 is 1.83 bits per heavy atom. The Balaban J connectivity index is 1.68. The van der Waals surface area contributed by atoms with Gasteiger partial charge in [-0.25, -0.2) is 0 Å². The fourth-order valence-electron chi connectivity index (χ4n) is 8.88. The summed E-state index contributed by atoms with van der Waals surface area (Å²) in [6.07, 6.45) is 0.996. The smallest absolute Gasteiger partial charge is 0.213 e. The lowest BCUT2D eigenvalue weighted by molar-refractivity contribution is -0.534. The molecule has 0 aromatic rings. The van der Waals surface area contributed by atoms with Gasteiger partial charge in [-0.3, -0.25) is 4.79 Å². The quantitative estimate of drug-likeness (QED) is 0.602. The van der Waals surface area contributed by atoms with Gasteiger partial charge in [0.15, 0.2) is 11.6 Å². The number of carbonyl (C=O) groups is 1. The van der Waals surface area contributed by atoms with Crippen molar-refractivity contribution in [1.82, 2.24) is 0 Å². The molecule has 3 spiro atoms. The molecule has 160 valence electrons. The molecule has 3 saturated heterocycles. The Bertz CT molecular complexity index is 833. The maximum Gasteiger partial charge on any atom is 0.213 e. The van der Waals surface area contributed by atoms with E-state index in [9.17, 15) is 15.0 Å². The van der Waals surface area contributed by atoms with E-state index in [1.807, 2.05) is 13.8 Å². The van der Waals surface area contributed by atoms with Crippen LogP contribution in [0, 0.1) is 34.0 Å². The highest BCUT2D eigenvalue weighted by Gasteiger charge is 2.89. The summed E-state index contributed by atoms with van der Waals surface area (Å²) in [5.41, 5.74) is -1.45. The summed E-state index contributed by atoms with van der Waals surface area (Å²) in [7, 11) is 0. The summed E-state index contributed by atoms with van der Waals surface area (Å²) < 4.78 is 19.3. The summed E-state index contributed by atoms with van der Waals surface area (Å²) in [4.78, 5) is 13.9. The SMILES string of the molecule is C=C1C(=O)[C@@]23C4CC[C@@H]1[C@H]2OC(C)(C)O[C@]31OC[C@@]42[C@H]([C@@H]1O)C(C)(C)CC[C@@H]2O. The van der Waals surface area contributed by atoms with Gasteiger partial charge >= 0.3 is 0 Å². The highest BCUT2D eigenvalue weighted by molar-refractivity contribution is 6.05. The highest BCUT2D eigenvalue weighted by Crippen LogP contribution is 2.79. The summed E-state index contributed by atoms with van der Waals surface area (Å²) in [5, 5.41) is 23.3. The summed E-state index contributed by atoms with van der Waals surface area (Å²) in [6.45, 7) is 12.4. The van der Waals surface area contributed by atoms with Crippen molar-refractivity contribution in [3.05, 3.63) is 12.2 Å². The largest absolute Gasteiger partial charge is 0.392 e. The van der Waals surface area contributed by atoms with Crippen molar-refractivity contribution in [2.24, 2.45) is 34.0 Å². The van der Waals surface area contributed by atoms with Crippen LogP contribution in [0.5, 0.6) is 0 Å². The van der Waals surface area contributed by atoms with Gasteiger partial charge in [-0.1, -0.05) is 20.4 Å². The van der Waals surface area contributed by atoms with Crippen LogP contribution in [-0.4, -0.2) is 52.5 Å². The first-order chi connectivity index (χ1) is 13.5. The van der Waals surface area contributed by atoms with Crippen LogP contribution < -0.4 is 0 Å². The molecule has 0 aromatic heterocycles.